The third kappa shape index (κ3) is 7.57. The molecule has 6 heterocycles. The fourth-order valence-electron chi connectivity index (χ4n) is 9.30. The van der Waals surface area contributed by atoms with Gasteiger partial charge in [-0.1, -0.05) is 42.5 Å². The van der Waals surface area contributed by atoms with Gasteiger partial charge in [0.25, 0.3) is 0 Å². The van der Waals surface area contributed by atoms with E-state index in [-0.39, 0.29) is 5.82 Å². The third-order valence-corrected chi connectivity index (χ3v) is 12.9. The SMILES string of the molecule is Cc1ccc(-c2ncc(-c3cc(F)c(-c4ncc(Cc5ccc(-c6ncccc6-c6ccc7[nH]ncc7c6)c(F)c5)cc4-c4ccc5[nH]ncc5c4)cc3C)cc2-c2ccc3[nH]ncc3c2)cc1F. The van der Waals surface area contributed by atoms with Crippen LogP contribution >= 0.6 is 0 Å². The Labute approximate surface area is 392 Å². The second-order valence-electron chi connectivity index (χ2n) is 17.4. The number of benzene rings is 6. The Morgan fingerprint density at radius 1 is 0.377 bits per heavy atom. The van der Waals surface area contributed by atoms with Crippen molar-refractivity contribution in [2.45, 2.75) is 20.3 Å². The quantitative estimate of drug-likeness (QED) is 0.132. The molecule has 0 aliphatic carbocycles. The lowest BCUT2D eigenvalue weighted by atomic mass is 9.91. The molecular formula is C57H38F3N9. The first-order valence-electron chi connectivity index (χ1n) is 22.3. The van der Waals surface area contributed by atoms with Crippen molar-refractivity contribution in [3.05, 3.63) is 204 Å². The van der Waals surface area contributed by atoms with Gasteiger partial charge < -0.3 is 0 Å². The van der Waals surface area contributed by atoms with E-state index in [9.17, 15) is 4.39 Å². The molecular weight excluding hydrogens is 868 g/mol. The van der Waals surface area contributed by atoms with E-state index in [0.717, 1.165) is 77.2 Å². The lowest BCUT2D eigenvalue weighted by molar-refractivity contribution is 0.619. The van der Waals surface area contributed by atoms with E-state index >= 15 is 8.78 Å². The molecule has 0 atom stereocenters. The van der Waals surface area contributed by atoms with E-state index in [4.69, 9.17) is 9.97 Å². The third-order valence-electron chi connectivity index (χ3n) is 12.9. The maximum Gasteiger partial charge on any atom is 0.133 e. The highest BCUT2D eigenvalue weighted by atomic mass is 19.1. The standard InChI is InChI=1S/C57H38F3N9/c1-31-5-7-38(24-49(31)58)55-47(37-10-14-54-42(22-37)30-66-69-54)23-39(27-63-55)45-25-51(60)48(16-32(45)2)57-46(36-9-13-53-41(21-36)29-65-68-53)18-34(26-62-57)17-33-6-11-44(50(59)19-33)56-43(4-3-15-61-56)35-8-12-52-40(20-35)28-64-67-52/h3-16,18-30H,17H2,1-2H3,(H,64,67)(H,65,68)(H,66,69). The Hall–Kier alpha value is -9.03. The van der Waals surface area contributed by atoms with Gasteiger partial charge in [0.2, 0.25) is 0 Å². The molecule has 0 amide bonds. The summed E-state index contributed by atoms with van der Waals surface area (Å²) in [6.07, 6.45) is 10.7. The highest BCUT2D eigenvalue weighted by Gasteiger charge is 2.21. The fourth-order valence-corrected chi connectivity index (χ4v) is 9.30. The van der Waals surface area contributed by atoms with Crippen molar-refractivity contribution < 1.29 is 13.2 Å². The molecule has 3 N–H and O–H groups in total. The molecule has 0 aliphatic rings. The number of nitrogens with one attached hydrogen (secondary N) is 3. The summed E-state index contributed by atoms with van der Waals surface area (Å²) in [7, 11) is 0. The molecule has 0 saturated carbocycles. The fraction of sp³-hybridized carbons (Fsp3) is 0.0526. The van der Waals surface area contributed by atoms with Crippen molar-refractivity contribution in [3.63, 3.8) is 0 Å². The maximum absolute atomic E-state index is 17.0. The van der Waals surface area contributed by atoms with Crippen molar-refractivity contribution in [2.75, 3.05) is 0 Å². The minimum atomic E-state index is -0.469. The minimum absolute atomic E-state index is 0.323. The second-order valence-corrected chi connectivity index (χ2v) is 17.4. The smallest absolute Gasteiger partial charge is 0.133 e. The molecule has 0 bridgehead atoms. The van der Waals surface area contributed by atoms with Gasteiger partial charge in [0.05, 0.1) is 52.2 Å². The van der Waals surface area contributed by atoms with Gasteiger partial charge in [0, 0.05) is 73.7 Å². The number of H-pyrrole nitrogens is 3. The summed E-state index contributed by atoms with van der Waals surface area (Å²) >= 11 is 0. The number of pyridine rings is 3. The van der Waals surface area contributed by atoms with Crippen LogP contribution < -0.4 is 0 Å². The van der Waals surface area contributed by atoms with Gasteiger partial charge in [0.1, 0.15) is 17.5 Å². The number of hydrogen-bond acceptors (Lipinski definition) is 6. The van der Waals surface area contributed by atoms with Crippen molar-refractivity contribution in [3.8, 4) is 78.3 Å². The number of halogens is 3. The maximum atomic E-state index is 17.0. The monoisotopic (exact) mass is 905 g/mol. The summed E-state index contributed by atoms with van der Waals surface area (Å²) in [4.78, 5) is 14.5. The number of nitrogens with zero attached hydrogens (tertiary/aromatic N) is 6. The summed E-state index contributed by atoms with van der Waals surface area (Å²) in [6.45, 7) is 3.66. The molecule has 6 aromatic heterocycles. The number of hydrogen-bond donors (Lipinski definition) is 3. The van der Waals surface area contributed by atoms with E-state index in [1.165, 1.54) is 12.1 Å². The van der Waals surface area contributed by atoms with Gasteiger partial charge in [-0.25, -0.2) is 13.2 Å². The second kappa shape index (κ2) is 16.7. The van der Waals surface area contributed by atoms with Crippen molar-refractivity contribution in [1.82, 2.24) is 45.5 Å². The Bertz CT molecular complexity index is 3980. The summed E-state index contributed by atoms with van der Waals surface area (Å²) in [5.74, 6) is -1.19. The lowest BCUT2D eigenvalue weighted by Gasteiger charge is -2.17. The molecule has 0 saturated heterocycles. The van der Waals surface area contributed by atoms with E-state index in [1.54, 1.807) is 62.3 Å². The summed E-state index contributed by atoms with van der Waals surface area (Å²) < 4.78 is 48.2. The van der Waals surface area contributed by atoms with E-state index in [1.807, 2.05) is 104 Å². The Morgan fingerprint density at radius 3 is 1.62 bits per heavy atom. The summed E-state index contributed by atoms with van der Waals surface area (Å²) in [5, 5.41) is 24.3. The van der Waals surface area contributed by atoms with Gasteiger partial charge >= 0.3 is 0 Å². The number of fused-ring (bicyclic) bond motifs is 3. The molecule has 69 heavy (non-hydrogen) atoms. The predicted octanol–water partition coefficient (Wildman–Crippen LogP) is 13.8. The molecule has 0 radical (unpaired) electrons. The number of aryl methyl sites for hydroxylation is 2. The molecule has 6 aromatic carbocycles. The summed E-state index contributed by atoms with van der Waals surface area (Å²) in [5.41, 5.74) is 14.7. The average Bonchev–Trinajstić information content (AvgIpc) is 4.17. The molecule has 12 rings (SSSR count). The zero-order valence-corrected chi connectivity index (χ0v) is 37.1. The van der Waals surface area contributed by atoms with Gasteiger partial charge in [0.15, 0.2) is 0 Å². The molecule has 9 nitrogen and oxygen atoms in total. The molecule has 0 spiro atoms. The van der Waals surface area contributed by atoms with Crippen LogP contribution in [0.25, 0.3) is 111 Å². The molecule has 12 aromatic rings. The predicted molar refractivity (Wildman–Crippen MR) is 265 cm³/mol. The van der Waals surface area contributed by atoms with Gasteiger partial charge in [-0.05, 0) is 150 Å². The van der Waals surface area contributed by atoms with E-state index < -0.39 is 11.6 Å². The number of aromatic amines is 3. The first kappa shape index (κ1) is 41.4. The van der Waals surface area contributed by atoms with Crippen LogP contribution in [0.2, 0.25) is 0 Å². The topological polar surface area (TPSA) is 125 Å². The normalized spacial score (nSPS) is 11.6. The Balaban J connectivity index is 0.911. The molecule has 12 heteroatoms. The first-order chi connectivity index (χ1) is 33.7. The molecule has 0 aliphatic heterocycles. The van der Waals surface area contributed by atoms with Gasteiger partial charge in [-0.2, -0.15) is 15.3 Å². The molecule has 0 unspecified atom stereocenters. The highest BCUT2D eigenvalue weighted by Crippen LogP contribution is 2.41. The number of rotatable bonds is 9. The largest absolute Gasteiger partial charge is 0.278 e. The lowest BCUT2D eigenvalue weighted by Crippen LogP contribution is -1.99. The van der Waals surface area contributed by atoms with E-state index in [2.05, 4.69) is 35.6 Å². The van der Waals surface area contributed by atoms with Crippen LogP contribution in [0.5, 0.6) is 0 Å². The average molecular weight is 906 g/mol. The zero-order chi connectivity index (χ0) is 46.8. The number of aromatic nitrogens is 9. The van der Waals surface area contributed by atoms with Gasteiger partial charge in [-0.15, -0.1) is 0 Å². The first-order valence-corrected chi connectivity index (χ1v) is 22.3. The molecule has 0 fully saturated rings. The van der Waals surface area contributed by atoms with Crippen LogP contribution in [0.3, 0.4) is 0 Å². The van der Waals surface area contributed by atoms with Crippen molar-refractivity contribution in [2.24, 2.45) is 0 Å². The van der Waals surface area contributed by atoms with Crippen LogP contribution in [-0.4, -0.2) is 45.5 Å². The Morgan fingerprint density at radius 2 is 0.971 bits per heavy atom. The van der Waals surface area contributed by atoms with Crippen LogP contribution in [0.4, 0.5) is 13.2 Å². The van der Waals surface area contributed by atoms with Crippen molar-refractivity contribution in [1.29, 1.82) is 0 Å². The van der Waals surface area contributed by atoms with Gasteiger partial charge in [-0.3, -0.25) is 30.2 Å². The van der Waals surface area contributed by atoms with E-state index in [0.29, 0.717) is 62.4 Å². The Kier molecular flexibility index (Phi) is 10.0. The van der Waals surface area contributed by atoms with Crippen LogP contribution in [-0.2, 0) is 6.42 Å². The van der Waals surface area contributed by atoms with Crippen molar-refractivity contribution >= 4 is 32.7 Å². The highest BCUT2D eigenvalue weighted by molar-refractivity contribution is 5.93. The summed E-state index contributed by atoms with van der Waals surface area (Å²) in [6, 6.07) is 39.2. The molecule has 332 valence electrons. The van der Waals surface area contributed by atoms with Crippen LogP contribution in [0.1, 0.15) is 22.3 Å². The minimum Gasteiger partial charge on any atom is -0.278 e. The zero-order valence-electron chi connectivity index (χ0n) is 37.1. The van der Waals surface area contributed by atoms with Crippen LogP contribution in [0.15, 0.2) is 165 Å². The van der Waals surface area contributed by atoms with Crippen LogP contribution in [0, 0.1) is 31.3 Å².